The van der Waals surface area contributed by atoms with Gasteiger partial charge >= 0.3 is 0 Å². The summed E-state index contributed by atoms with van der Waals surface area (Å²) in [6.07, 6.45) is 0. The molecule has 1 nitrogen and oxygen atoms in total. The first-order valence-corrected chi connectivity index (χ1v) is 4.77. The molecule has 0 aromatic heterocycles. The Labute approximate surface area is 80.7 Å². The molecule has 0 amide bonds. The van der Waals surface area contributed by atoms with Crippen LogP contribution >= 0.6 is 0 Å². The van der Waals surface area contributed by atoms with E-state index in [1.54, 1.807) is 0 Å². The van der Waals surface area contributed by atoms with Gasteiger partial charge in [-0.1, -0.05) is 44.7 Å². The highest BCUT2D eigenvalue weighted by Gasteiger charge is 2.17. The predicted octanol–water partition coefficient (Wildman–Crippen LogP) is 3.13. The van der Waals surface area contributed by atoms with Gasteiger partial charge in [-0.3, -0.25) is 0 Å². The standard InChI is InChI=1S/C10H11N.C2H6/c1-8-10-6-4-3-5-9(10)7-11(8)2;1-2/h3-6H,1,7H2,2H3;1-2H3. The van der Waals surface area contributed by atoms with E-state index in [-0.39, 0.29) is 0 Å². The average molecular weight is 175 g/mol. The number of hydrogen-bond acceptors (Lipinski definition) is 1. The largest absolute Gasteiger partial charge is 0.370 e. The fourth-order valence-electron chi connectivity index (χ4n) is 1.50. The van der Waals surface area contributed by atoms with Crippen LogP contribution in [0.3, 0.4) is 0 Å². The summed E-state index contributed by atoms with van der Waals surface area (Å²) in [5.41, 5.74) is 3.83. The zero-order valence-corrected chi connectivity index (χ0v) is 8.67. The second-order valence-corrected chi connectivity index (χ2v) is 2.96. The molecule has 1 aliphatic heterocycles. The minimum absolute atomic E-state index is 1.01. The lowest BCUT2D eigenvalue weighted by molar-refractivity contribution is 0.501. The van der Waals surface area contributed by atoms with E-state index < -0.39 is 0 Å². The third-order valence-electron chi connectivity index (χ3n) is 2.20. The summed E-state index contributed by atoms with van der Waals surface area (Å²) in [6, 6.07) is 8.42. The molecule has 2 rings (SSSR count). The molecule has 0 bridgehead atoms. The molecule has 1 aliphatic rings. The Balaban J connectivity index is 0.000000396. The van der Waals surface area contributed by atoms with Crippen LogP contribution in [0.2, 0.25) is 0 Å². The molecular formula is C12H17N. The molecule has 0 N–H and O–H groups in total. The van der Waals surface area contributed by atoms with E-state index in [4.69, 9.17) is 0 Å². The Bertz CT molecular complexity index is 302. The van der Waals surface area contributed by atoms with Gasteiger partial charge in [-0.15, -0.1) is 0 Å². The SMILES string of the molecule is C=C1c2ccccc2CN1C.CC. The molecule has 1 aromatic carbocycles. The summed E-state index contributed by atoms with van der Waals surface area (Å²) < 4.78 is 0. The number of rotatable bonds is 0. The monoisotopic (exact) mass is 175 g/mol. The van der Waals surface area contributed by atoms with E-state index in [9.17, 15) is 0 Å². The maximum atomic E-state index is 4.00. The highest BCUT2D eigenvalue weighted by Crippen LogP contribution is 2.28. The lowest BCUT2D eigenvalue weighted by atomic mass is 10.1. The molecule has 1 heteroatoms. The van der Waals surface area contributed by atoms with Gasteiger partial charge in [-0.25, -0.2) is 0 Å². The Morgan fingerprint density at radius 3 is 2.46 bits per heavy atom. The topological polar surface area (TPSA) is 3.24 Å². The summed E-state index contributed by atoms with van der Waals surface area (Å²) in [7, 11) is 2.07. The molecule has 70 valence electrons. The van der Waals surface area contributed by atoms with Crippen LogP contribution in [0, 0.1) is 0 Å². The average Bonchev–Trinajstić information content (AvgIpc) is 2.47. The normalized spacial score (nSPS) is 13.5. The maximum absolute atomic E-state index is 4.00. The van der Waals surface area contributed by atoms with Gasteiger partial charge in [0.05, 0.1) is 0 Å². The third-order valence-corrected chi connectivity index (χ3v) is 2.20. The van der Waals surface area contributed by atoms with Crippen LogP contribution < -0.4 is 0 Å². The van der Waals surface area contributed by atoms with Crippen molar-refractivity contribution in [1.82, 2.24) is 4.90 Å². The van der Waals surface area contributed by atoms with Gasteiger partial charge in [0.2, 0.25) is 0 Å². The zero-order chi connectivity index (χ0) is 9.84. The van der Waals surface area contributed by atoms with E-state index >= 15 is 0 Å². The van der Waals surface area contributed by atoms with Crippen LogP contribution in [0.15, 0.2) is 30.8 Å². The number of benzene rings is 1. The van der Waals surface area contributed by atoms with Crippen molar-refractivity contribution in [2.24, 2.45) is 0 Å². The molecule has 1 aromatic rings. The minimum atomic E-state index is 1.01. The molecule has 1 heterocycles. The van der Waals surface area contributed by atoms with E-state index in [2.05, 4.69) is 42.8 Å². The molecule has 0 saturated heterocycles. The van der Waals surface area contributed by atoms with Crippen molar-refractivity contribution in [3.63, 3.8) is 0 Å². The first-order valence-electron chi connectivity index (χ1n) is 4.77. The van der Waals surface area contributed by atoms with Crippen molar-refractivity contribution >= 4 is 5.70 Å². The second-order valence-electron chi connectivity index (χ2n) is 2.96. The van der Waals surface area contributed by atoms with Crippen molar-refractivity contribution in [2.45, 2.75) is 20.4 Å². The van der Waals surface area contributed by atoms with Crippen LogP contribution in [0.1, 0.15) is 25.0 Å². The highest BCUT2D eigenvalue weighted by molar-refractivity contribution is 5.68. The summed E-state index contributed by atoms with van der Waals surface area (Å²) >= 11 is 0. The lowest BCUT2D eigenvalue weighted by Crippen LogP contribution is -2.05. The highest BCUT2D eigenvalue weighted by atomic mass is 15.1. The quantitative estimate of drug-likeness (QED) is 0.585. The first kappa shape index (κ1) is 9.85. The fourth-order valence-corrected chi connectivity index (χ4v) is 1.50. The molecule has 13 heavy (non-hydrogen) atoms. The lowest BCUT2D eigenvalue weighted by Gasteiger charge is -2.10. The summed E-state index contributed by atoms with van der Waals surface area (Å²) in [5.74, 6) is 0. The van der Waals surface area contributed by atoms with Crippen molar-refractivity contribution < 1.29 is 0 Å². The second kappa shape index (κ2) is 4.13. The van der Waals surface area contributed by atoms with E-state index in [0.29, 0.717) is 0 Å². The summed E-state index contributed by atoms with van der Waals surface area (Å²) in [4.78, 5) is 2.17. The smallest absolute Gasteiger partial charge is 0.0432 e. The van der Waals surface area contributed by atoms with Gasteiger partial charge in [0.1, 0.15) is 0 Å². The Kier molecular flexibility index (Phi) is 3.13. The third kappa shape index (κ3) is 1.74. The zero-order valence-electron chi connectivity index (χ0n) is 8.67. The van der Waals surface area contributed by atoms with Gasteiger partial charge in [0, 0.05) is 24.9 Å². The fraction of sp³-hybridized carbons (Fsp3) is 0.333. The Morgan fingerprint density at radius 1 is 1.23 bits per heavy atom. The van der Waals surface area contributed by atoms with Gasteiger partial charge in [0.15, 0.2) is 0 Å². The summed E-state index contributed by atoms with van der Waals surface area (Å²) in [6.45, 7) is 9.01. The number of fused-ring (bicyclic) bond motifs is 1. The molecule has 0 unspecified atom stereocenters. The van der Waals surface area contributed by atoms with Gasteiger partial charge in [-0.05, 0) is 5.56 Å². The van der Waals surface area contributed by atoms with Crippen LogP contribution in [0.4, 0.5) is 0 Å². The van der Waals surface area contributed by atoms with Gasteiger partial charge in [-0.2, -0.15) is 0 Å². The Hall–Kier alpha value is -1.24. The van der Waals surface area contributed by atoms with E-state index in [1.807, 2.05) is 13.8 Å². The van der Waals surface area contributed by atoms with Gasteiger partial charge in [0.25, 0.3) is 0 Å². The van der Waals surface area contributed by atoms with Crippen LogP contribution in [0.25, 0.3) is 5.70 Å². The molecular weight excluding hydrogens is 158 g/mol. The van der Waals surface area contributed by atoms with Crippen molar-refractivity contribution in [1.29, 1.82) is 0 Å². The van der Waals surface area contributed by atoms with Crippen molar-refractivity contribution in [2.75, 3.05) is 7.05 Å². The molecule has 0 spiro atoms. The molecule has 0 radical (unpaired) electrons. The predicted molar refractivity (Wildman–Crippen MR) is 58.3 cm³/mol. The van der Waals surface area contributed by atoms with Crippen LogP contribution in [-0.4, -0.2) is 11.9 Å². The minimum Gasteiger partial charge on any atom is -0.370 e. The molecule has 0 aliphatic carbocycles. The Morgan fingerprint density at radius 2 is 1.85 bits per heavy atom. The van der Waals surface area contributed by atoms with Gasteiger partial charge < -0.3 is 4.90 Å². The maximum Gasteiger partial charge on any atom is 0.0432 e. The molecule has 0 saturated carbocycles. The van der Waals surface area contributed by atoms with Crippen molar-refractivity contribution in [3.05, 3.63) is 42.0 Å². The van der Waals surface area contributed by atoms with E-state index in [0.717, 1.165) is 12.2 Å². The first-order chi connectivity index (χ1) is 6.29. The summed E-state index contributed by atoms with van der Waals surface area (Å²) in [5, 5.41) is 0. The van der Waals surface area contributed by atoms with Crippen LogP contribution in [0.5, 0.6) is 0 Å². The van der Waals surface area contributed by atoms with E-state index in [1.165, 1.54) is 11.1 Å². The number of nitrogens with zero attached hydrogens (tertiary/aromatic N) is 1. The molecule has 0 atom stereocenters. The van der Waals surface area contributed by atoms with Crippen LogP contribution in [-0.2, 0) is 6.54 Å². The molecule has 0 fully saturated rings. The van der Waals surface area contributed by atoms with Crippen molar-refractivity contribution in [3.8, 4) is 0 Å². The number of hydrogen-bond donors (Lipinski definition) is 0.